The van der Waals surface area contributed by atoms with E-state index in [1.54, 1.807) is 12.1 Å². The second kappa shape index (κ2) is 11.7. The lowest BCUT2D eigenvalue weighted by molar-refractivity contribution is 0.0996. The van der Waals surface area contributed by atoms with Crippen molar-refractivity contribution in [2.24, 2.45) is 5.73 Å². The number of amides is 1. The minimum Gasteiger partial charge on any atom is -0.366 e. The van der Waals surface area contributed by atoms with Gasteiger partial charge in [-0.05, 0) is 86.1 Å². The molecule has 2 aliphatic rings. The zero-order valence-electron chi connectivity index (χ0n) is 18.7. The van der Waals surface area contributed by atoms with E-state index in [0.29, 0.717) is 27.8 Å². The summed E-state index contributed by atoms with van der Waals surface area (Å²) in [7, 11) is 0. The van der Waals surface area contributed by atoms with Crippen molar-refractivity contribution in [3.63, 3.8) is 0 Å². The van der Waals surface area contributed by atoms with Crippen molar-refractivity contribution in [1.82, 2.24) is 4.90 Å². The Morgan fingerprint density at radius 3 is 2.19 bits per heavy atom. The molecule has 174 valence electrons. The average molecular weight is 498 g/mol. The van der Waals surface area contributed by atoms with Gasteiger partial charge < -0.3 is 5.73 Å². The van der Waals surface area contributed by atoms with Crippen LogP contribution in [0.3, 0.4) is 0 Å². The first-order valence-corrected chi connectivity index (χ1v) is 12.9. The predicted molar refractivity (Wildman–Crippen MR) is 133 cm³/mol. The van der Waals surface area contributed by atoms with Crippen LogP contribution in [0.15, 0.2) is 35.2 Å². The van der Waals surface area contributed by atoms with Crippen LogP contribution in [-0.4, -0.2) is 29.1 Å². The summed E-state index contributed by atoms with van der Waals surface area (Å²) in [5.41, 5.74) is 7.41. The second-order valence-corrected chi connectivity index (χ2v) is 10.8. The summed E-state index contributed by atoms with van der Waals surface area (Å²) in [5.74, 6) is -0.778. The number of piperidine rings is 1. The van der Waals surface area contributed by atoms with Gasteiger partial charge in [-0.3, -0.25) is 9.69 Å². The normalized spacial score (nSPS) is 17.0. The Morgan fingerprint density at radius 1 is 1.06 bits per heavy atom. The molecule has 0 radical (unpaired) electrons. The molecule has 0 aromatic heterocycles. The molecule has 1 amide bonds. The third-order valence-corrected chi connectivity index (χ3v) is 7.33. The topological polar surface area (TPSA) is 46.3 Å². The Hall–Kier alpha value is -1.27. The van der Waals surface area contributed by atoms with Gasteiger partial charge in [0.25, 0.3) is 5.91 Å². The summed E-state index contributed by atoms with van der Waals surface area (Å²) in [6, 6.07) is 8.85. The lowest BCUT2D eigenvalue weighted by atomic mass is 9.98. The van der Waals surface area contributed by atoms with Crippen molar-refractivity contribution < 1.29 is 9.18 Å². The van der Waals surface area contributed by atoms with Crippen molar-refractivity contribution >= 4 is 40.9 Å². The number of halogens is 3. The van der Waals surface area contributed by atoms with E-state index < -0.39 is 11.7 Å². The van der Waals surface area contributed by atoms with Gasteiger partial charge in [0.2, 0.25) is 0 Å². The second-order valence-electron chi connectivity index (χ2n) is 8.58. The molecule has 32 heavy (non-hydrogen) atoms. The Balaban J connectivity index is 0.000000913. The van der Waals surface area contributed by atoms with Gasteiger partial charge in [-0.15, -0.1) is 11.8 Å². The number of carbonyl (C=O) groups is 1. The molecule has 4 rings (SSSR count). The molecule has 7 heteroatoms. The van der Waals surface area contributed by atoms with E-state index in [4.69, 9.17) is 28.9 Å². The number of primary amides is 1. The van der Waals surface area contributed by atoms with E-state index in [-0.39, 0.29) is 5.56 Å². The molecule has 0 unspecified atom stereocenters. The maximum atomic E-state index is 14.3. The van der Waals surface area contributed by atoms with Crippen molar-refractivity contribution in [1.29, 1.82) is 0 Å². The molecule has 2 fully saturated rings. The first kappa shape index (κ1) is 25.4. The number of carbonyl (C=O) groups excluding carboxylic acids is 1. The van der Waals surface area contributed by atoms with E-state index in [2.05, 4.69) is 18.7 Å². The van der Waals surface area contributed by atoms with Crippen LogP contribution < -0.4 is 5.73 Å². The fourth-order valence-electron chi connectivity index (χ4n) is 3.95. The average Bonchev–Trinajstić information content (AvgIpc) is 3.54. The highest BCUT2D eigenvalue weighted by atomic mass is 35.5. The molecule has 0 atom stereocenters. The molecular formula is C25H31Cl2FN2OS. The summed E-state index contributed by atoms with van der Waals surface area (Å²) in [6.45, 7) is 6.87. The van der Waals surface area contributed by atoms with Crippen LogP contribution in [-0.2, 0) is 6.54 Å². The third kappa shape index (κ3) is 7.11. The van der Waals surface area contributed by atoms with E-state index in [1.807, 2.05) is 23.9 Å². The first-order valence-electron chi connectivity index (χ1n) is 11.3. The minimum atomic E-state index is -0.699. The van der Waals surface area contributed by atoms with E-state index >= 15 is 0 Å². The van der Waals surface area contributed by atoms with Crippen LogP contribution >= 0.6 is 35.0 Å². The van der Waals surface area contributed by atoms with Gasteiger partial charge in [-0.1, -0.05) is 43.5 Å². The Labute approximate surface area is 204 Å². The summed E-state index contributed by atoms with van der Waals surface area (Å²) < 4.78 is 14.3. The van der Waals surface area contributed by atoms with Crippen LogP contribution in [0.2, 0.25) is 10.0 Å². The molecule has 2 aromatic rings. The number of nitrogens with zero attached hydrogens (tertiary/aromatic N) is 1. The molecule has 1 aliphatic heterocycles. The van der Waals surface area contributed by atoms with E-state index in [9.17, 15) is 9.18 Å². The Morgan fingerprint density at radius 2 is 1.66 bits per heavy atom. The van der Waals surface area contributed by atoms with Gasteiger partial charge in [0.1, 0.15) is 5.82 Å². The summed E-state index contributed by atoms with van der Waals surface area (Å²) >= 11 is 14.0. The van der Waals surface area contributed by atoms with Crippen molar-refractivity contribution in [2.45, 2.75) is 68.6 Å². The van der Waals surface area contributed by atoms with Crippen molar-refractivity contribution in [3.05, 3.63) is 62.9 Å². The van der Waals surface area contributed by atoms with Gasteiger partial charge in [-0.2, -0.15) is 0 Å². The number of hydrogen-bond acceptors (Lipinski definition) is 3. The quantitative estimate of drug-likeness (QED) is 0.456. The molecule has 1 aliphatic carbocycles. The zero-order valence-corrected chi connectivity index (χ0v) is 21.0. The first-order chi connectivity index (χ1) is 15.3. The molecule has 1 saturated carbocycles. The summed E-state index contributed by atoms with van der Waals surface area (Å²) in [4.78, 5) is 15.0. The molecule has 0 spiro atoms. The number of likely N-dealkylation sites (tertiary alicyclic amines) is 1. The van der Waals surface area contributed by atoms with Crippen LogP contribution in [0.25, 0.3) is 0 Å². The smallest absolute Gasteiger partial charge is 0.251 e. The zero-order chi connectivity index (χ0) is 23.3. The molecule has 2 aromatic carbocycles. The maximum Gasteiger partial charge on any atom is 0.251 e. The molecular weight excluding hydrogens is 466 g/mol. The predicted octanol–water partition coefficient (Wildman–Crippen LogP) is 7.28. The van der Waals surface area contributed by atoms with Gasteiger partial charge in [-0.25, -0.2) is 4.39 Å². The van der Waals surface area contributed by atoms with E-state index in [0.717, 1.165) is 54.8 Å². The monoisotopic (exact) mass is 496 g/mol. The number of benzene rings is 2. The lowest BCUT2D eigenvalue weighted by Gasteiger charge is -2.32. The van der Waals surface area contributed by atoms with Crippen LogP contribution in [0, 0.1) is 5.82 Å². The molecule has 3 nitrogen and oxygen atoms in total. The Bertz CT molecular complexity index is 924. The van der Waals surface area contributed by atoms with Gasteiger partial charge in [0.15, 0.2) is 0 Å². The summed E-state index contributed by atoms with van der Waals surface area (Å²) in [6.07, 6.45) is 5.54. The van der Waals surface area contributed by atoms with Crippen LogP contribution in [0.5, 0.6) is 0 Å². The highest BCUT2D eigenvalue weighted by Gasteiger charge is 2.29. The standard InChI is InChI=1S/C22H23Cl2FN2OS.C3H8/c23-15-8-16(24)10-18(9-15)29-17-3-5-27(6-4-17)12-14-7-21(25)20(22(26)28)11-19(14)13-1-2-13;1-3-2/h7-11,13,17H,1-6,12H2,(H2,26,28);3H2,1-2H3. The lowest BCUT2D eigenvalue weighted by Crippen LogP contribution is -2.34. The molecule has 0 bridgehead atoms. The van der Waals surface area contributed by atoms with Crippen molar-refractivity contribution in [3.8, 4) is 0 Å². The summed E-state index contributed by atoms with van der Waals surface area (Å²) in [5, 5.41) is 1.83. The maximum absolute atomic E-state index is 14.3. The third-order valence-electron chi connectivity index (χ3n) is 5.58. The largest absolute Gasteiger partial charge is 0.366 e. The van der Waals surface area contributed by atoms with Gasteiger partial charge in [0.05, 0.1) is 5.56 Å². The van der Waals surface area contributed by atoms with Crippen LogP contribution in [0.1, 0.15) is 73.4 Å². The molecule has 2 N–H and O–H groups in total. The SMILES string of the molecule is CCC.NC(=O)c1cc(C2CC2)c(CN2CCC(Sc3cc(Cl)cc(Cl)c3)CC2)cc1F. The number of hydrogen-bond donors (Lipinski definition) is 1. The fraction of sp³-hybridized carbons (Fsp3) is 0.480. The number of thioether (sulfide) groups is 1. The van der Waals surface area contributed by atoms with Gasteiger partial charge >= 0.3 is 0 Å². The minimum absolute atomic E-state index is 0.00550. The van der Waals surface area contributed by atoms with Crippen molar-refractivity contribution in [2.75, 3.05) is 13.1 Å². The van der Waals surface area contributed by atoms with Crippen LogP contribution in [0.4, 0.5) is 4.39 Å². The molecule has 1 heterocycles. The highest BCUT2D eigenvalue weighted by molar-refractivity contribution is 8.00. The highest BCUT2D eigenvalue weighted by Crippen LogP contribution is 2.43. The van der Waals surface area contributed by atoms with E-state index in [1.165, 1.54) is 12.5 Å². The number of rotatable bonds is 6. The number of nitrogens with two attached hydrogens (primary N) is 1. The fourth-order valence-corrected chi connectivity index (χ4v) is 5.82. The molecule has 1 saturated heterocycles. The van der Waals surface area contributed by atoms with Gasteiger partial charge in [0, 0.05) is 26.7 Å². The Kier molecular flexibility index (Phi) is 9.30.